The molecule has 0 heterocycles. The van der Waals surface area contributed by atoms with Gasteiger partial charge < -0.3 is 20.1 Å². The molecule has 0 saturated heterocycles. The number of hydrogen-bond donors (Lipinski definition) is 3. The predicted octanol–water partition coefficient (Wildman–Crippen LogP) is 4.57. The molecule has 0 aromatic carbocycles. The lowest BCUT2D eigenvalue weighted by atomic mass is 9.60. The fourth-order valence-corrected chi connectivity index (χ4v) is 4.53. The fourth-order valence-electron chi connectivity index (χ4n) is 4.53. The van der Waals surface area contributed by atoms with Crippen molar-refractivity contribution in [3.05, 3.63) is 0 Å². The quantitative estimate of drug-likeness (QED) is 0.213. The number of carboxylic acids is 2. The first-order valence-corrected chi connectivity index (χ1v) is 11.8. The zero-order chi connectivity index (χ0) is 24.9. The number of aliphatic hydroxyl groups is 1. The monoisotopic (exact) mass is 458 g/mol. The third-order valence-corrected chi connectivity index (χ3v) is 6.54. The summed E-state index contributed by atoms with van der Waals surface area (Å²) in [4.78, 5) is 49.1. The molecular weight excluding hydrogens is 416 g/mol. The number of aliphatic carboxylic acids is 2. The molecule has 3 atom stereocenters. The molecule has 3 N–H and O–H groups in total. The van der Waals surface area contributed by atoms with E-state index >= 15 is 0 Å². The summed E-state index contributed by atoms with van der Waals surface area (Å²) >= 11 is 0. The summed E-state index contributed by atoms with van der Waals surface area (Å²) in [6, 6.07) is 0. The maximum Gasteiger partial charge on any atom is 0.337 e. The van der Waals surface area contributed by atoms with E-state index in [2.05, 4.69) is 0 Å². The molecule has 0 fully saturated rings. The largest absolute Gasteiger partial charge is 0.481 e. The number of carbonyl (C=O) groups is 4. The number of hydrogen-bond acceptors (Lipinski definition) is 6. The highest BCUT2D eigenvalue weighted by Gasteiger charge is 2.63. The number of carbonyl (C=O) groups excluding carboxylic acids is 2. The van der Waals surface area contributed by atoms with E-state index in [1.165, 1.54) is 0 Å². The van der Waals surface area contributed by atoms with Crippen LogP contribution in [0, 0.1) is 17.3 Å². The van der Waals surface area contributed by atoms with Crippen LogP contribution < -0.4 is 0 Å². The summed E-state index contributed by atoms with van der Waals surface area (Å²) in [5, 5.41) is 30.9. The topological polar surface area (TPSA) is 138 Å². The van der Waals surface area contributed by atoms with Crippen molar-refractivity contribution in [2.24, 2.45) is 17.3 Å². The third kappa shape index (κ3) is 8.19. The second kappa shape index (κ2) is 14.2. The lowest BCUT2D eigenvalue weighted by molar-refractivity contribution is -0.203. The van der Waals surface area contributed by atoms with Crippen molar-refractivity contribution in [3.63, 3.8) is 0 Å². The summed E-state index contributed by atoms with van der Waals surface area (Å²) in [5.74, 6) is -5.70. The van der Waals surface area contributed by atoms with Crippen LogP contribution in [0.1, 0.15) is 105 Å². The lowest BCUT2D eigenvalue weighted by Crippen LogP contribution is -2.61. The van der Waals surface area contributed by atoms with E-state index in [0.29, 0.717) is 25.7 Å². The molecule has 0 saturated carbocycles. The number of unbranched alkanes of at least 4 members (excludes halogenated alkanes) is 2. The van der Waals surface area contributed by atoms with Gasteiger partial charge in [-0.1, -0.05) is 79.1 Å². The zero-order valence-corrected chi connectivity index (χ0v) is 20.3. The Bertz CT molecular complexity index is 611. The minimum atomic E-state index is -2.91. The van der Waals surface area contributed by atoms with Crippen molar-refractivity contribution in [3.8, 4) is 0 Å². The summed E-state index contributed by atoms with van der Waals surface area (Å²) in [5.41, 5.74) is -4.98. The van der Waals surface area contributed by atoms with Gasteiger partial charge in [0, 0.05) is 6.92 Å². The summed E-state index contributed by atoms with van der Waals surface area (Å²) in [6.07, 6.45) is 4.80. The van der Waals surface area contributed by atoms with E-state index in [-0.39, 0.29) is 24.7 Å². The van der Waals surface area contributed by atoms with E-state index in [1.54, 1.807) is 0 Å². The SMILES string of the molecule is CCCCC(CC)CC(CC(CC)CCCC)(C(=O)OC(C)=O)C(O)(CC(=O)O)C(=O)O. The maximum atomic E-state index is 13.4. The molecule has 8 nitrogen and oxygen atoms in total. The average Bonchev–Trinajstić information content (AvgIpc) is 2.71. The summed E-state index contributed by atoms with van der Waals surface area (Å²) in [7, 11) is 0. The molecule has 0 aromatic rings. The second-order valence-electron chi connectivity index (χ2n) is 8.94. The Morgan fingerprint density at radius 3 is 1.56 bits per heavy atom. The van der Waals surface area contributed by atoms with Crippen molar-refractivity contribution < 1.29 is 39.2 Å². The molecule has 0 bridgehead atoms. The van der Waals surface area contributed by atoms with Gasteiger partial charge in [-0.05, 0) is 24.7 Å². The van der Waals surface area contributed by atoms with Gasteiger partial charge in [0.25, 0.3) is 0 Å². The smallest absolute Gasteiger partial charge is 0.337 e. The van der Waals surface area contributed by atoms with Gasteiger partial charge in [-0.2, -0.15) is 0 Å². The van der Waals surface area contributed by atoms with E-state index in [9.17, 15) is 34.5 Å². The highest BCUT2D eigenvalue weighted by molar-refractivity contribution is 5.96. The molecular formula is C24H42O8. The highest BCUT2D eigenvalue weighted by Crippen LogP contribution is 2.49. The van der Waals surface area contributed by atoms with Crippen LogP contribution in [0.15, 0.2) is 0 Å². The summed E-state index contributed by atoms with van der Waals surface area (Å²) < 4.78 is 4.90. The standard InChI is InChI=1S/C24H42O8/c1-6-10-12-18(8-3)14-23(22(30)32-17(5)25,15-19(9-4)13-11-7-2)24(31,21(28)29)16-20(26)27/h18-19,31H,6-16H2,1-5H3,(H,26,27)(H,28,29). The van der Waals surface area contributed by atoms with Gasteiger partial charge in [0.1, 0.15) is 5.41 Å². The van der Waals surface area contributed by atoms with Gasteiger partial charge in [-0.25, -0.2) is 4.79 Å². The Kier molecular flexibility index (Phi) is 13.4. The van der Waals surface area contributed by atoms with Crippen molar-refractivity contribution >= 4 is 23.9 Å². The normalized spacial score (nSPS) is 16.9. The van der Waals surface area contributed by atoms with Crippen LogP contribution in [0.2, 0.25) is 0 Å². The van der Waals surface area contributed by atoms with Crippen molar-refractivity contribution in [2.45, 2.75) is 111 Å². The fraction of sp³-hybridized carbons (Fsp3) is 0.833. The Morgan fingerprint density at radius 1 is 0.844 bits per heavy atom. The minimum absolute atomic E-state index is 0.0612. The number of rotatable bonds is 17. The van der Waals surface area contributed by atoms with Gasteiger partial charge in [0.15, 0.2) is 5.60 Å². The van der Waals surface area contributed by atoms with E-state index in [1.807, 2.05) is 27.7 Å². The number of ether oxygens (including phenoxy) is 1. The molecule has 0 aromatic heterocycles. The van der Waals surface area contributed by atoms with E-state index < -0.39 is 41.3 Å². The third-order valence-electron chi connectivity index (χ3n) is 6.54. The van der Waals surface area contributed by atoms with Crippen LogP contribution in [-0.4, -0.2) is 44.8 Å². The van der Waals surface area contributed by atoms with Gasteiger partial charge in [0.2, 0.25) is 0 Å². The van der Waals surface area contributed by atoms with Crippen molar-refractivity contribution in [2.75, 3.05) is 0 Å². The van der Waals surface area contributed by atoms with Crippen LogP contribution in [-0.2, 0) is 23.9 Å². The van der Waals surface area contributed by atoms with Crippen LogP contribution in [0.3, 0.4) is 0 Å². The summed E-state index contributed by atoms with van der Waals surface area (Å²) in [6.45, 7) is 8.88. The second-order valence-corrected chi connectivity index (χ2v) is 8.94. The van der Waals surface area contributed by atoms with Gasteiger partial charge in [0.05, 0.1) is 6.42 Å². The molecule has 0 radical (unpaired) electrons. The molecule has 0 aliphatic heterocycles. The Hall–Kier alpha value is -1.96. The molecule has 0 aliphatic rings. The van der Waals surface area contributed by atoms with Gasteiger partial charge in [-0.15, -0.1) is 0 Å². The Morgan fingerprint density at radius 2 is 1.28 bits per heavy atom. The van der Waals surface area contributed by atoms with Crippen LogP contribution >= 0.6 is 0 Å². The molecule has 0 aliphatic carbocycles. The molecule has 0 amide bonds. The molecule has 0 rings (SSSR count). The Balaban J connectivity index is 6.81. The lowest BCUT2D eigenvalue weighted by Gasteiger charge is -2.45. The molecule has 32 heavy (non-hydrogen) atoms. The zero-order valence-electron chi connectivity index (χ0n) is 20.3. The average molecular weight is 459 g/mol. The Labute approximate surface area is 191 Å². The molecule has 0 spiro atoms. The van der Waals surface area contributed by atoms with Crippen molar-refractivity contribution in [1.82, 2.24) is 0 Å². The van der Waals surface area contributed by atoms with E-state index in [4.69, 9.17) is 4.74 Å². The van der Waals surface area contributed by atoms with Crippen molar-refractivity contribution in [1.29, 1.82) is 0 Å². The van der Waals surface area contributed by atoms with Crippen LogP contribution in [0.5, 0.6) is 0 Å². The van der Waals surface area contributed by atoms with Crippen LogP contribution in [0.4, 0.5) is 0 Å². The molecule has 8 heteroatoms. The number of esters is 2. The predicted molar refractivity (Wildman–Crippen MR) is 120 cm³/mol. The number of carboxylic acid groups (broad SMARTS) is 2. The van der Waals surface area contributed by atoms with Crippen LogP contribution in [0.25, 0.3) is 0 Å². The first-order valence-electron chi connectivity index (χ1n) is 11.8. The van der Waals surface area contributed by atoms with Gasteiger partial charge in [-0.3, -0.25) is 14.4 Å². The van der Waals surface area contributed by atoms with E-state index in [0.717, 1.165) is 32.6 Å². The molecule has 3 unspecified atom stereocenters. The molecule has 186 valence electrons. The highest BCUT2D eigenvalue weighted by atomic mass is 16.6. The first kappa shape index (κ1) is 30.0. The maximum absolute atomic E-state index is 13.4. The first-order chi connectivity index (χ1) is 14.9. The minimum Gasteiger partial charge on any atom is -0.481 e. The van der Waals surface area contributed by atoms with Gasteiger partial charge >= 0.3 is 23.9 Å².